The second-order valence-corrected chi connectivity index (χ2v) is 3.86. The van der Waals surface area contributed by atoms with Crippen LogP contribution < -0.4 is 5.32 Å². The summed E-state index contributed by atoms with van der Waals surface area (Å²) in [5, 5.41) is 1.71. The fraction of sp³-hybridized carbons (Fsp3) is 0.273. The number of rotatable bonds is 5. The summed E-state index contributed by atoms with van der Waals surface area (Å²) in [5.74, 6) is -5.48. The number of hydrogen-bond donors (Lipinski definition) is 1. The third kappa shape index (κ3) is 3.73. The first-order valence-corrected chi connectivity index (χ1v) is 5.41. The number of carbonyl (C=O) groups is 2. The van der Waals surface area contributed by atoms with E-state index < -0.39 is 34.2 Å². The number of halogens is 4. The molecule has 1 rings (SSSR count). The first kappa shape index (κ1) is 14.5. The van der Waals surface area contributed by atoms with Gasteiger partial charge in [0.15, 0.2) is 17.5 Å². The summed E-state index contributed by atoms with van der Waals surface area (Å²) in [6.45, 7) is 0.0791. The van der Waals surface area contributed by atoms with Crippen LogP contribution in [0, 0.1) is 17.5 Å². The van der Waals surface area contributed by atoms with E-state index in [-0.39, 0.29) is 19.4 Å². The van der Waals surface area contributed by atoms with Gasteiger partial charge in [0.05, 0.1) is 5.56 Å². The van der Waals surface area contributed by atoms with E-state index in [0.29, 0.717) is 6.07 Å². The van der Waals surface area contributed by atoms with Gasteiger partial charge in [0.1, 0.15) is 0 Å². The molecule has 7 heteroatoms. The van der Waals surface area contributed by atoms with Crippen LogP contribution in [0.3, 0.4) is 0 Å². The number of carbonyl (C=O) groups excluding carboxylic acids is 2. The van der Waals surface area contributed by atoms with Crippen molar-refractivity contribution < 1.29 is 22.8 Å². The largest absolute Gasteiger partial charge is 0.352 e. The van der Waals surface area contributed by atoms with Gasteiger partial charge in [0, 0.05) is 13.0 Å². The maximum atomic E-state index is 13.2. The van der Waals surface area contributed by atoms with E-state index >= 15 is 0 Å². The van der Waals surface area contributed by atoms with Gasteiger partial charge in [-0.2, -0.15) is 0 Å². The Labute approximate surface area is 106 Å². The molecule has 1 amide bonds. The smallest absolute Gasteiger partial charge is 0.254 e. The molecule has 1 aromatic rings. The van der Waals surface area contributed by atoms with Crippen molar-refractivity contribution in [3.63, 3.8) is 0 Å². The molecule has 0 bridgehead atoms. The zero-order valence-corrected chi connectivity index (χ0v) is 9.86. The number of benzene rings is 1. The second-order valence-electron chi connectivity index (χ2n) is 3.44. The predicted molar refractivity (Wildman–Crippen MR) is 58.7 cm³/mol. The summed E-state index contributed by atoms with van der Waals surface area (Å²) in [6.07, 6.45) is 0.335. The van der Waals surface area contributed by atoms with Crippen molar-refractivity contribution in [3.05, 3.63) is 35.1 Å². The Morgan fingerprint density at radius 1 is 1.17 bits per heavy atom. The molecule has 18 heavy (non-hydrogen) atoms. The Balaban J connectivity index is 2.62. The first-order valence-electron chi connectivity index (χ1n) is 5.03. The normalized spacial score (nSPS) is 10.2. The lowest BCUT2D eigenvalue weighted by Gasteiger charge is -2.06. The van der Waals surface area contributed by atoms with E-state index in [2.05, 4.69) is 5.32 Å². The van der Waals surface area contributed by atoms with Crippen molar-refractivity contribution in [2.75, 3.05) is 6.54 Å². The molecule has 0 saturated heterocycles. The Kier molecular flexibility index (Phi) is 5.15. The van der Waals surface area contributed by atoms with Crippen molar-refractivity contribution in [1.82, 2.24) is 5.32 Å². The highest BCUT2D eigenvalue weighted by Gasteiger charge is 2.18. The highest BCUT2D eigenvalue weighted by Crippen LogP contribution is 2.14. The van der Waals surface area contributed by atoms with E-state index in [4.69, 9.17) is 11.6 Å². The molecule has 0 aliphatic carbocycles. The molecule has 0 spiro atoms. The molecule has 0 aliphatic rings. The summed E-state index contributed by atoms with van der Waals surface area (Å²) in [6, 6.07) is 1.51. The van der Waals surface area contributed by atoms with Gasteiger partial charge in [-0.25, -0.2) is 13.2 Å². The molecule has 0 aromatic heterocycles. The van der Waals surface area contributed by atoms with Gasteiger partial charge >= 0.3 is 0 Å². The topological polar surface area (TPSA) is 46.2 Å². The van der Waals surface area contributed by atoms with Crippen molar-refractivity contribution in [2.24, 2.45) is 0 Å². The maximum absolute atomic E-state index is 13.2. The molecule has 0 heterocycles. The van der Waals surface area contributed by atoms with Crippen LogP contribution in [-0.4, -0.2) is 17.7 Å². The van der Waals surface area contributed by atoms with E-state index in [9.17, 15) is 22.8 Å². The van der Waals surface area contributed by atoms with Gasteiger partial charge in [0.2, 0.25) is 5.24 Å². The van der Waals surface area contributed by atoms with Gasteiger partial charge in [-0.3, -0.25) is 9.59 Å². The minimum atomic E-state index is -1.70. The van der Waals surface area contributed by atoms with E-state index in [0.717, 1.165) is 6.07 Å². The predicted octanol–water partition coefficient (Wildman–Crippen LogP) is 2.38. The molecular weight excluding hydrogens is 271 g/mol. The maximum Gasteiger partial charge on any atom is 0.254 e. The van der Waals surface area contributed by atoms with Crippen molar-refractivity contribution in [1.29, 1.82) is 0 Å². The highest BCUT2D eigenvalue weighted by atomic mass is 35.5. The van der Waals surface area contributed by atoms with Crippen LogP contribution in [-0.2, 0) is 4.79 Å². The van der Waals surface area contributed by atoms with Crippen LogP contribution in [0.15, 0.2) is 12.1 Å². The average Bonchev–Trinajstić information content (AvgIpc) is 2.31. The molecular formula is C11H9ClF3NO2. The van der Waals surface area contributed by atoms with Crippen LogP contribution >= 0.6 is 11.6 Å². The van der Waals surface area contributed by atoms with Gasteiger partial charge in [0.25, 0.3) is 5.91 Å². The molecule has 0 saturated carbocycles. The summed E-state index contributed by atoms with van der Waals surface area (Å²) in [4.78, 5) is 21.8. The molecule has 0 radical (unpaired) electrons. The minimum Gasteiger partial charge on any atom is -0.352 e. The summed E-state index contributed by atoms with van der Waals surface area (Å²) < 4.78 is 38.7. The third-order valence-corrected chi connectivity index (χ3v) is 2.30. The van der Waals surface area contributed by atoms with E-state index in [1.165, 1.54) is 0 Å². The Morgan fingerprint density at radius 3 is 2.44 bits per heavy atom. The highest BCUT2D eigenvalue weighted by molar-refractivity contribution is 6.63. The SMILES string of the molecule is O=C(Cl)CCCNC(=O)c1ccc(F)c(F)c1F. The first-order chi connectivity index (χ1) is 8.43. The molecule has 3 nitrogen and oxygen atoms in total. The Bertz CT molecular complexity index is 480. The van der Waals surface area contributed by atoms with Crippen molar-refractivity contribution in [2.45, 2.75) is 12.8 Å². The molecule has 0 unspecified atom stereocenters. The average molecular weight is 280 g/mol. The number of hydrogen-bond acceptors (Lipinski definition) is 2. The molecule has 0 aliphatic heterocycles. The van der Waals surface area contributed by atoms with E-state index in [1.807, 2.05) is 0 Å². The molecule has 1 aromatic carbocycles. The number of amides is 1. The molecule has 0 atom stereocenters. The lowest BCUT2D eigenvalue weighted by Crippen LogP contribution is -2.26. The van der Waals surface area contributed by atoms with Crippen molar-refractivity contribution >= 4 is 22.8 Å². The third-order valence-electron chi connectivity index (χ3n) is 2.12. The monoisotopic (exact) mass is 279 g/mol. The quantitative estimate of drug-likeness (QED) is 0.511. The lowest BCUT2D eigenvalue weighted by atomic mass is 10.2. The van der Waals surface area contributed by atoms with Crippen LogP contribution in [0.5, 0.6) is 0 Å². The summed E-state index contributed by atoms with van der Waals surface area (Å²) in [7, 11) is 0. The molecule has 0 fully saturated rings. The Morgan fingerprint density at radius 2 is 1.83 bits per heavy atom. The Hall–Kier alpha value is -1.56. The van der Waals surface area contributed by atoms with Crippen LogP contribution in [0.25, 0.3) is 0 Å². The van der Waals surface area contributed by atoms with Crippen LogP contribution in [0.1, 0.15) is 23.2 Å². The van der Waals surface area contributed by atoms with Crippen LogP contribution in [0.2, 0.25) is 0 Å². The summed E-state index contributed by atoms with van der Waals surface area (Å²) >= 11 is 5.07. The zero-order chi connectivity index (χ0) is 13.7. The summed E-state index contributed by atoms with van der Waals surface area (Å²) in [5.41, 5.74) is -0.592. The molecule has 1 N–H and O–H groups in total. The lowest BCUT2D eigenvalue weighted by molar-refractivity contribution is -0.111. The fourth-order valence-corrected chi connectivity index (χ4v) is 1.36. The van der Waals surface area contributed by atoms with Gasteiger partial charge in [-0.05, 0) is 30.2 Å². The fourth-order valence-electron chi connectivity index (χ4n) is 1.23. The van der Waals surface area contributed by atoms with Gasteiger partial charge < -0.3 is 5.32 Å². The molecule has 98 valence electrons. The van der Waals surface area contributed by atoms with Crippen LogP contribution in [0.4, 0.5) is 13.2 Å². The second kappa shape index (κ2) is 6.39. The van der Waals surface area contributed by atoms with E-state index in [1.54, 1.807) is 0 Å². The standard InChI is InChI=1S/C11H9ClF3NO2/c12-8(17)2-1-5-16-11(18)6-3-4-7(13)10(15)9(6)14/h3-4H,1-2,5H2,(H,16,18). The van der Waals surface area contributed by atoms with Gasteiger partial charge in [-0.1, -0.05) is 0 Å². The zero-order valence-electron chi connectivity index (χ0n) is 9.10. The number of nitrogens with one attached hydrogen (secondary N) is 1. The van der Waals surface area contributed by atoms with Crippen molar-refractivity contribution in [3.8, 4) is 0 Å². The van der Waals surface area contributed by atoms with Gasteiger partial charge in [-0.15, -0.1) is 0 Å². The minimum absolute atomic E-state index is 0.0576.